The number of nitrogen functional groups attached to an aromatic ring is 1. The largest absolute Gasteiger partial charge is 0.481 e. The van der Waals surface area contributed by atoms with Crippen LogP contribution < -0.4 is 27.2 Å². The summed E-state index contributed by atoms with van der Waals surface area (Å²) in [5, 5.41) is 17.0. The summed E-state index contributed by atoms with van der Waals surface area (Å²) in [6.45, 7) is 1.99. The van der Waals surface area contributed by atoms with Gasteiger partial charge in [0.15, 0.2) is 11.2 Å². The van der Waals surface area contributed by atoms with Gasteiger partial charge in [0.25, 0.3) is 11.5 Å². The third-order valence-corrected chi connectivity index (χ3v) is 6.50. The first kappa shape index (κ1) is 34.3. The highest BCUT2D eigenvalue weighted by Crippen LogP contribution is 2.12. The molecule has 2 aromatic heterocycles. The SMILES string of the molecule is CNC(=O)CCCCCCC(=O)CCC(C)C(=O)O.CNC(=O)c1ccc(NCc2cnc3nc(N)[nH]c(=O)c3n2)cc1. The quantitative estimate of drug-likeness (QED) is 0.140. The normalized spacial score (nSPS) is 11.1. The van der Waals surface area contributed by atoms with E-state index in [1.165, 1.54) is 6.20 Å². The molecule has 7 N–H and O–H groups in total. The van der Waals surface area contributed by atoms with Crippen LogP contribution in [0.3, 0.4) is 0 Å². The molecule has 1 aromatic carbocycles. The second-order valence-electron chi connectivity index (χ2n) is 9.90. The molecule has 14 nitrogen and oxygen atoms in total. The molecule has 1 atom stereocenters. The maximum atomic E-state index is 11.8. The van der Waals surface area contributed by atoms with Crippen LogP contribution >= 0.6 is 0 Å². The van der Waals surface area contributed by atoms with E-state index in [1.54, 1.807) is 45.3 Å². The summed E-state index contributed by atoms with van der Waals surface area (Å²) in [6.07, 6.45) is 6.94. The van der Waals surface area contributed by atoms with Gasteiger partial charge in [-0.1, -0.05) is 19.8 Å². The molecule has 3 rings (SSSR count). The van der Waals surface area contributed by atoms with Crippen LogP contribution in [0, 0.1) is 5.92 Å². The van der Waals surface area contributed by atoms with Gasteiger partial charge in [0.05, 0.1) is 24.4 Å². The van der Waals surface area contributed by atoms with Crippen molar-refractivity contribution in [1.82, 2.24) is 30.6 Å². The Bertz CT molecular complexity index is 1440. The highest BCUT2D eigenvalue weighted by molar-refractivity contribution is 5.94. The number of nitrogens with two attached hydrogens (primary N) is 1. The maximum Gasteiger partial charge on any atom is 0.306 e. The Kier molecular flexibility index (Phi) is 14.2. The third-order valence-electron chi connectivity index (χ3n) is 6.50. The van der Waals surface area contributed by atoms with Crippen LogP contribution in [-0.4, -0.2) is 62.7 Å². The highest BCUT2D eigenvalue weighted by Gasteiger charge is 2.13. The van der Waals surface area contributed by atoms with E-state index in [2.05, 4.69) is 35.9 Å². The van der Waals surface area contributed by atoms with Crippen LogP contribution in [-0.2, 0) is 20.9 Å². The number of carboxylic acids is 1. The molecular weight excluding hydrogens is 556 g/mol. The molecule has 0 saturated carbocycles. The number of amides is 2. The minimum absolute atomic E-state index is 0.00359. The van der Waals surface area contributed by atoms with Crippen molar-refractivity contribution in [1.29, 1.82) is 0 Å². The van der Waals surface area contributed by atoms with Crippen molar-refractivity contribution in [2.75, 3.05) is 25.1 Å². The summed E-state index contributed by atoms with van der Waals surface area (Å²) in [4.78, 5) is 71.0. The minimum atomic E-state index is -0.845. The zero-order valence-corrected chi connectivity index (χ0v) is 24.7. The number of carboxylic acid groups (broad SMARTS) is 1. The summed E-state index contributed by atoms with van der Waals surface area (Å²) < 4.78 is 0. The Hall–Kier alpha value is -4.88. The number of nitrogens with one attached hydrogen (secondary N) is 4. The second-order valence-corrected chi connectivity index (χ2v) is 9.90. The number of unbranched alkanes of at least 4 members (excludes halogenated alkanes) is 3. The Balaban J connectivity index is 0.000000311. The van der Waals surface area contributed by atoms with E-state index in [0.717, 1.165) is 31.4 Å². The fourth-order valence-electron chi connectivity index (χ4n) is 3.84. The first-order chi connectivity index (χ1) is 20.5. The fourth-order valence-corrected chi connectivity index (χ4v) is 3.84. The van der Waals surface area contributed by atoms with Gasteiger partial charge >= 0.3 is 5.97 Å². The zero-order valence-electron chi connectivity index (χ0n) is 24.7. The molecule has 0 radical (unpaired) electrons. The number of rotatable bonds is 15. The van der Waals surface area contributed by atoms with Crippen LogP contribution in [0.4, 0.5) is 11.6 Å². The van der Waals surface area contributed by atoms with Crippen molar-refractivity contribution in [2.24, 2.45) is 5.92 Å². The van der Waals surface area contributed by atoms with E-state index in [9.17, 15) is 24.0 Å². The number of nitrogens with zero attached hydrogens (tertiary/aromatic N) is 3. The lowest BCUT2D eigenvalue weighted by molar-refractivity contribution is -0.141. The van der Waals surface area contributed by atoms with E-state index in [-0.39, 0.29) is 34.7 Å². The lowest BCUT2D eigenvalue weighted by Crippen LogP contribution is -2.17. The Morgan fingerprint density at radius 2 is 1.63 bits per heavy atom. The summed E-state index contributed by atoms with van der Waals surface area (Å²) in [5.74, 6) is -1.24. The molecule has 0 spiro atoms. The number of hydrogen-bond acceptors (Lipinski definition) is 10. The van der Waals surface area contributed by atoms with Gasteiger partial charge in [-0.05, 0) is 43.5 Å². The molecule has 0 aliphatic heterocycles. The van der Waals surface area contributed by atoms with Crippen molar-refractivity contribution in [3.63, 3.8) is 0 Å². The Morgan fingerprint density at radius 3 is 2.26 bits per heavy atom. The molecule has 14 heteroatoms. The number of fused-ring (bicyclic) bond motifs is 1. The van der Waals surface area contributed by atoms with E-state index in [1.807, 2.05) is 0 Å². The second kappa shape index (κ2) is 17.8. The van der Waals surface area contributed by atoms with E-state index >= 15 is 0 Å². The van der Waals surface area contributed by atoms with Crippen LogP contribution in [0.5, 0.6) is 0 Å². The van der Waals surface area contributed by atoms with Crippen molar-refractivity contribution in [3.05, 3.63) is 52.1 Å². The van der Waals surface area contributed by atoms with Crippen molar-refractivity contribution < 1.29 is 24.3 Å². The molecular formula is C29H40N8O6. The summed E-state index contributed by atoms with van der Waals surface area (Å²) >= 11 is 0. The number of aromatic amines is 1. The molecule has 0 fully saturated rings. The summed E-state index contributed by atoms with van der Waals surface area (Å²) in [7, 11) is 3.20. The van der Waals surface area contributed by atoms with Gasteiger partial charge in [0.1, 0.15) is 5.78 Å². The topological polar surface area (TPSA) is 222 Å². The average molecular weight is 597 g/mol. The first-order valence-corrected chi connectivity index (χ1v) is 14.1. The van der Waals surface area contributed by atoms with E-state index < -0.39 is 17.4 Å². The molecule has 2 amide bonds. The third kappa shape index (κ3) is 12.3. The fraction of sp³-hybridized carbons (Fsp3) is 0.448. The average Bonchev–Trinajstić information content (AvgIpc) is 3.00. The number of carbonyl (C=O) groups excluding carboxylic acids is 3. The molecule has 2 heterocycles. The van der Waals surface area contributed by atoms with Crippen LogP contribution in [0.1, 0.15) is 74.3 Å². The standard InChI is InChI=1S/C15H15N7O2.C14H25NO4/c1-17-13(23)8-2-4-9(5-3-8)18-6-10-7-19-12-11(20-10)14(24)22-15(16)21-12;1-11(14(18)19)9-10-12(16)7-5-3-4-6-8-13(17)15-2/h2-5,7,18H,6H2,1H3,(H,17,23)(H3,16,19,21,22,24);11H,3-10H2,1-2H3,(H,15,17)(H,18,19). The number of aromatic nitrogens is 4. The predicted octanol–water partition coefficient (Wildman–Crippen LogP) is 2.41. The number of ketones is 1. The number of aliphatic carboxylic acids is 1. The molecule has 0 saturated heterocycles. The number of Topliss-reactive ketones (excluding diaryl/α,β-unsaturated/α-hetero) is 1. The van der Waals surface area contributed by atoms with Crippen molar-refractivity contribution in [3.8, 4) is 0 Å². The van der Waals surface area contributed by atoms with Crippen molar-refractivity contribution in [2.45, 2.75) is 64.8 Å². The van der Waals surface area contributed by atoms with Gasteiger partial charge in [0, 0.05) is 44.6 Å². The van der Waals surface area contributed by atoms with Gasteiger partial charge in [-0.3, -0.25) is 29.0 Å². The van der Waals surface area contributed by atoms with E-state index in [0.29, 0.717) is 43.5 Å². The van der Waals surface area contributed by atoms with E-state index in [4.69, 9.17) is 10.8 Å². The molecule has 43 heavy (non-hydrogen) atoms. The first-order valence-electron chi connectivity index (χ1n) is 14.1. The smallest absolute Gasteiger partial charge is 0.306 e. The molecule has 1 unspecified atom stereocenters. The number of hydrogen-bond donors (Lipinski definition) is 6. The highest BCUT2D eigenvalue weighted by atomic mass is 16.4. The zero-order chi connectivity index (χ0) is 31.8. The molecule has 0 aliphatic rings. The van der Waals surface area contributed by atoms with Crippen LogP contribution in [0.2, 0.25) is 0 Å². The molecule has 232 valence electrons. The number of anilines is 2. The lowest BCUT2D eigenvalue weighted by Gasteiger charge is -2.07. The number of benzene rings is 1. The summed E-state index contributed by atoms with van der Waals surface area (Å²) in [5.41, 5.74) is 7.34. The molecule has 3 aromatic rings. The predicted molar refractivity (Wildman–Crippen MR) is 162 cm³/mol. The van der Waals surface area contributed by atoms with Gasteiger partial charge in [0.2, 0.25) is 11.9 Å². The monoisotopic (exact) mass is 596 g/mol. The lowest BCUT2D eigenvalue weighted by atomic mass is 10.0. The van der Waals surface area contributed by atoms with Crippen LogP contribution in [0.15, 0.2) is 35.3 Å². The van der Waals surface area contributed by atoms with Gasteiger partial charge in [-0.2, -0.15) is 4.98 Å². The number of H-pyrrole nitrogens is 1. The minimum Gasteiger partial charge on any atom is -0.481 e. The Labute approximate surface area is 249 Å². The van der Waals surface area contributed by atoms with Crippen molar-refractivity contribution >= 4 is 46.4 Å². The van der Waals surface area contributed by atoms with Gasteiger partial charge in [-0.25, -0.2) is 9.97 Å². The van der Waals surface area contributed by atoms with Crippen LogP contribution in [0.25, 0.3) is 11.2 Å². The van der Waals surface area contributed by atoms with Gasteiger partial charge in [-0.15, -0.1) is 0 Å². The molecule has 0 aliphatic carbocycles. The summed E-state index contributed by atoms with van der Waals surface area (Å²) in [6, 6.07) is 7.00. The molecule has 0 bridgehead atoms. The van der Waals surface area contributed by atoms with Gasteiger partial charge < -0.3 is 26.8 Å². The maximum absolute atomic E-state index is 11.8. The Morgan fingerprint density at radius 1 is 0.953 bits per heavy atom. The number of carbonyl (C=O) groups is 4.